The third-order valence-electron chi connectivity index (χ3n) is 7.36. The number of phenolic OH excluding ortho intramolecular Hbond substituents is 1. The topological polar surface area (TPSA) is 106 Å². The van der Waals surface area contributed by atoms with Crippen molar-refractivity contribution in [3.8, 4) is 11.5 Å². The molecular weight excluding hydrogens is 573 g/mol. The maximum absolute atomic E-state index is 13.5. The molecule has 0 unspecified atom stereocenters. The number of nitrogens with zero attached hydrogens (tertiary/aromatic N) is 1. The van der Waals surface area contributed by atoms with Crippen molar-refractivity contribution in [1.82, 2.24) is 4.90 Å². The van der Waals surface area contributed by atoms with Crippen LogP contribution in [0.15, 0.2) is 29.6 Å². The van der Waals surface area contributed by atoms with Crippen molar-refractivity contribution in [3.63, 3.8) is 0 Å². The number of carbonyl (C=O) groups excluding carboxylic acids is 2. The number of thiophene rings is 1. The fourth-order valence-electron chi connectivity index (χ4n) is 5.80. The molecule has 5 rings (SSSR count). The number of carbonyl (C=O) groups is 2. The summed E-state index contributed by atoms with van der Waals surface area (Å²) < 4.78 is 17.6. The van der Waals surface area contributed by atoms with Gasteiger partial charge in [0.15, 0.2) is 17.3 Å². The van der Waals surface area contributed by atoms with Crippen LogP contribution in [-0.4, -0.2) is 53.5 Å². The largest absolute Gasteiger partial charge is 0.504 e. The Hall–Kier alpha value is -1.73. The average molecular weight is 599 g/mol. The molecule has 1 saturated carbocycles. The highest BCUT2D eigenvalue weighted by molar-refractivity contribution is 14.1. The van der Waals surface area contributed by atoms with Gasteiger partial charge in [0.1, 0.15) is 0 Å². The van der Waals surface area contributed by atoms with E-state index >= 15 is 0 Å². The molecule has 2 aliphatic heterocycles. The lowest BCUT2D eigenvalue weighted by Crippen LogP contribution is -2.54. The molecule has 3 heterocycles. The fraction of sp³-hybridized carbons (Fsp3) is 0.500. The van der Waals surface area contributed by atoms with Gasteiger partial charge >= 0.3 is 0 Å². The van der Waals surface area contributed by atoms with Crippen LogP contribution in [0.3, 0.4) is 0 Å². The molecule has 8 nitrogen and oxygen atoms in total. The summed E-state index contributed by atoms with van der Waals surface area (Å²) >= 11 is 3.52. The van der Waals surface area contributed by atoms with E-state index in [0.717, 1.165) is 10.4 Å². The van der Waals surface area contributed by atoms with Crippen LogP contribution < -0.4 is 4.74 Å². The maximum atomic E-state index is 13.5. The third kappa shape index (κ3) is 3.74. The second kappa shape index (κ2) is 9.05. The zero-order valence-electron chi connectivity index (χ0n) is 18.8. The number of hydrogen-bond donors (Lipinski definition) is 2. The molecule has 1 aliphatic carbocycles. The Morgan fingerprint density at radius 2 is 2.06 bits per heavy atom. The molecule has 1 aromatic carbocycles. The van der Waals surface area contributed by atoms with E-state index in [0.29, 0.717) is 22.2 Å². The van der Waals surface area contributed by atoms with Crippen molar-refractivity contribution >= 4 is 45.7 Å². The summed E-state index contributed by atoms with van der Waals surface area (Å²) in [5, 5.41) is 24.0. The number of rotatable bonds is 6. The lowest BCUT2D eigenvalue weighted by molar-refractivity contribution is -0.275. The summed E-state index contributed by atoms with van der Waals surface area (Å²) in [6, 6.07) is 7.29. The van der Waals surface area contributed by atoms with Crippen LogP contribution in [-0.2, 0) is 25.6 Å². The average Bonchev–Trinajstić information content (AvgIpc) is 3.51. The van der Waals surface area contributed by atoms with Crippen molar-refractivity contribution < 1.29 is 34.0 Å². The van der Waals surface area contributed by atoms with Gasteiger partial charge < -0.3 is 24.4 Å². The van der Waals surface area contributed by atoms with Crippen LogP contribution >= 0.6 is 33.9 Å². The van der Waals surface area contributed by atoms with Crippen LogP contribution in [0, 0.1) is 27.2 Å². The van der Waals surface area contributed by atoms with Gasteiger partial charge in [0.2, 0.25) is 11.8 Å². The Labute approximate surface area is 214 Å². The smallest absolute Gasteiger partial charge is 0.233 e. The Morgan fingerprint density at radius 1 is 1.26 bits per heavy atom. The Bertz CT molecular complexity index is 1110. The number of aromatic hydroxyl groups is 1. The van der Waals surface area contributed by atoms with Crippen molar-refractivity contribution in [1.29, 1.82) is 0 Å². The number of likely N-dealkylation sites (tertiary alicyclic amines) is 1. The number of imide groups is 1. The molecule has 10 heteroatoms. The number of phenols is 1. The fourth-order valence-corrected chi connectivity index (χ4v) is 7.12. The molecule has 6 atom stereocenters. The molecule has 0 bridgehead atoms. The summed E-state index contributed by atoms with van der Waals surface area (Å²) in [4.78, 5) is 29.1. The molecule has 2 aromatic rings. The highest BCUT2D eigenvalue weighted by Gasteiger charge is 2.66. The minimum Gasteiger partial charge on any atom is -0.504 e. The van der Waals surface area contributed by atoms with Gasteiger partial charge in [-0.3, -0.25) is 14.5 Å². The second-order valence-corrected chi connectivity index (χ2v) is 11.3. The minimum absolute atomic E-state index is 0.0408. The van der Waals surface area contributed by atoms with E-state index in [9.17, 15) is 19.8 Å². The van der Waals surface area contributed by atoms with E-state index in [1.807, 2.05) is 40.1 Å². The van der Waals surface area contributed by atoms with Crippen LogP contribution in [0.1, 0.15) is 29.4 Å². The number of aliphatic hydroxyl groups is 1. The lowest BCUT2D eigenvalue weighted by Gasteiger charge is -2.44. The first-order valence-electron chi connectivity index (χ1n) is 11.1. The Kier molecular flexibility index (Phi) is 6.38. The molecule has 182 valence electrons. The third-order valence-corrected chi connectivity index (χ3v) is 9.04. The van der Waals surface area contributed by atoms with Gasteiger partial charge in [0.05, 0.1) is 41.8 Å². The molecule has 1 aromatic heterocycles. The van der Waals surface area contributed by atoms with Gasteiger partial charge in [-0.2, -0.15) is 0 Å². The molecule has 0 spiro atoms. The quantitative estimate of drug-likeness (QED) is 0.388. The number of methoxy groups -OCH3 is 2. The number of amides is 2. The van der Waals surface area contributed by atoms with Gasteiger partial charge in [-0.1, -0.05) is 6.07 Å². The second-order valence-electron chi connectivity index (χ2n) is 9.12. The van der Waals surface area contributed by atoms with Crippen molar-refractivity contribution in [2.75, 3.05) is 20.8 Å². The van der Waals surface area contributed by atoms with Crippen LogP contribution in [0.2, 0.25) is 0 Å². The van der Waals surface area contributed by atoms with E-state index in [4.69, 9.17) is 14.2 Å². The van der Waals surface area contributed by atoms with Gasteiger partial charge in [-0.25, -0.2) is 0 Å². The lowest BCUT2D eigenvalue weighted by atomic mass is 9.64. The molecule has 3 aliphatic rings. The van der Waals surface area contributed by atoms with Crippen molar-refractivity contribution in [2.45, 2.75) is 31.3 Å². The van der Waals surface area contributed by atoms with E-state index in [1.54, 1.807) is 19.2 Å². The summed E-state index contributed by atoms with van der Waals surface area (Å²) in [7, 11) is 3.02. The standard InChI is InChI=1S/C24H26INO7S/c1-31-11-13-8-15-20(23(29)26(22(15)28)10-14-4-3-5-34-14)16-9-18(33-24(13,16)30)12-6-17(25)21(27)19(7-12)32-2/h3-7,13,15-16,18,20,27,30H,8-11H2,1-2H3/t13-,15+,16+,18+,20+,24-/m1/s1. The van der Waals surface area contributed by atoms with Crippen LogP contribution in [0.25, 0.3) is 0 Å². The monoisotopic (exact) mass is 599 g/mol. The highest BCUT2D eigenvalue weighted by atomic mass is 127. The molecule has 0 radical (unpaired) electrons. The van der Waals surface area contributed by atoms with Gasteiger partial charge in [0.25, 0.3) is 0 Å². The summed E-state index contributed by atoms with van der Waals surface area (Å²) in [5.74, 6) is -3.84. The number of benzene rings is 1. The van der Waals surface area contributed by atoms with E-state index in [-0.39, 0.29) is 30.7 Å². The first kappa shape index (κ1) is 24.0. The first-order valence-corrected chi connectivity index (χ1v) is 13.1. The van der Waals surface area contributed by atoms with E-state index in [2.05, 4.69) is 0 Å². The molecular formula is C24H26INO7S. The predicted molar refractivity (Wildman–Crippen MR) is 131 cm³/mol. The number of fused-ring (bicyclic) bond motifs is 3. The molecule has 2 N–H and O–H groups in total. The number of ether oxygens (including phenoxy) is 3. The SMILES string of the molecule is COC[C@H]1C[C@@H]2C(=O)N(Cc3cccs3)C(=O)[C@@H]2[C@@H]2C[C@@H](c3cc(I)c(O)c(OC)c3)O[C@]12O. The predicted octanol–water partition coefficient (Wildman–Crippen LogP) is 3.30. The first-order chi connectivity index (χ1) is 16.3. The van der Waals surface area contributed by atoms with Crippen LogP contribution in [0.5, 0.6) is 11.5 Å². The minimum atomic E-state index is -1.60. The summed E-state index contributed by atoms with van der Waals surface area (Å²) in [6.45, 7) is 0.464. The van der Waals surface area contributed by atoms with E-state index in [1.165, 1.54) is 23.3 Å². The molecule has 2 amide bonds. The Balaban J connectivity index is 1.49. The maximum Gasteiger partial charge on any atom is 0.233 e. The number of halogens is 1. The van der Waals surface area contributed by atoms with E-state index < -0.39 is 35.6 Å². The van der Waals surface area contributed by atoms with Gasteiger partial charge in [-0.05, 0) is 64.6 Å². The molecule has 2 saturated heterocycles. The molecule has 3 fully saturated rings. The van der Waals surface area contributed by atoms with Gasteiger partial charge in [0, 0.05) is 23.8 Å². The number of hydrogen-bond acceptors (Lipinski definition) is 8. The molecule has 34 heavy (non-hydrogen) atoms. The summed E-state index contributed by atoms with van der Waals surface area (Å²) in [5.41, 5.74) is 0.738. The van der Waals surface area contributed by atoms with Crippen LogP contribution in [0.4, 0.5) is 0 Å². The van der Waals surface area contributed by atoms with Crippen molar-refractivity contribution in [2.24, 2.45) is 23.7 Å². The normalized spacial score (nSPS) is 32.7. The van der Waals surface area contributed by atoms with Gasteiger partial charge in [-0.15, -0.1) is 11.3 Å². The van der Waals surface area contributed by atoms with Crippen molar-refractivity contribution in [3.05, 3.63) is 43.7 Å². The zero-order valence-corrected chi connectivity index (χ0v) is 21.7. The summed E-state index contributed by atoms with van der Waals surface area (Å²) in [6.07, 6.45) is 0.166. The zero-order chi connectivity index (χ0) is 24.2. The Morgan fingerprint density at radius 3 is 2.74 bits per heavy atom. The highest BCUT2D eigenvalue weighted by Crippen LogP contribution is 2.58.